The van der Waals surface area contributed by atoms with Crippen molar-refractivity contribution in [3.63, 3.8) is 0 Å². The zero-order valence-corrected chi connectivity index (χ0v) is 13.7. The lowest BCUT2D eigenvalue weighted by Crippen LogP contribution is -2.40. The van der Waals surface area contributed by atoms with Gasteiger partial charge in [0.15, 0.2) is 0 Å². The van der Waals surface area contributed by atoms with E-state index in [2.05, 4.69) is 25.8 Å². The van der Waals surface area contributed by atoms with Crippen molar-refractivity contribution in [1.29, 1.82) is 0 Å². The van der Waals surface area contributed by atoms with Crippen LogP contribution in [0.3, 0.4) is 0 Å². The van der Waals surface area contributed by atoms with Crippen LogP contribution in [-0.4, -0.2) is 61.6 Å². The van der Waals surface area contributed by atoms with E-state index in [1.54, 1.807) is 6.33 Å². The number of rotatable bonds is 4. The molecule has 0 aromatic carbocycles. The zero-order chi connectivity index (χ0) is 15.5. The summed E-state index contributed by atoms with van der Waals surface area (Å²) >= 11 is 0. The Morgan fingerprint density at radius 2 is 1.48 bits per heavy atom. The second kappa shape index (κ2) is 7.01. The lowest BCUT2D eigenvalue weighted by molar-refractivity contribution is -0.0596. The molecule has 0 radical (unpaired) electrons. The van der Waals surface area contributed by atoms with Crippen LogP contribution in [-0.2, 0) is 9.47 Å². The lowest BCUT2D eigenvalue weighted by Gasteiger charge is -2.37. The van der Waals surface area contributed by atoms with Crippen molar-refractivity contribution in [2.75, 3.05) is 49.2 Å². The van der Waals surface area contributed by atoms with Gasteiger partial charge in [0.05, 0.1) is 25.4 Å². The molecule has 0 bridgehead atoms. The highest BCUT2D eigenvalue weighted by atomic mass is 16.5. The van der Waals surface area contributed by atoms with Crippen molar-refractivity contribution in [3.05, 3.63) is 12.4 Å². The fraction of sp³-hybridized carbons (Fsp3) is 0.765. The summed E-state index contributed by atoms with van der Waals surface area (Å²) in [5.74, 6) is 2.06. The number of hydrogen-bond acceptors (Lipinski definition) is 6. The van der Waals surface area contributed by atoms with Crippen LogP contribution < -0.4 is 9.80 Å². The molecule has 23 heavy (non-hydrogen) atoms. The van der Waals surface area contributed by atoms with Crippen LogP contribution in [0.15, 0.2) is 12.4 Å². The average molecular weight is 318 g/mol. The third-order valence-corrected chi connectivity index (χ3v) is 5.18. The molecule has 2 aliphatic heterocycles. The Morgan fingerprint density at radius 3 is 2.09 bits per heavy atom. The van der Waals surface area contributed by atoms with Crippen LogP contribution in [0.25, 0.3) is 0 Å². The number of morpholine rings is 1. The third-order valence-electron chi connectivity index (χ3n) is 5.18. The van der Waals surface area contributed by atoms with E-state index in [-0.39, 0.29) is 0 Å². The van der Waals surface area contributed by atoms with E-state index in [4.69, 9.17) is 9.47 Å². The number of anilines is 2. The summed E-state index contributed by atoms with van der Waals surface area (Å²) in [6.45, 7) is 5.43. The van der Waals surface area contributed by atoms with Crippen LogP contribution in [0.1, 0.15) is 32.1 Å². The minimum atomic E-state index is 0.442. The molecule has 1 aromatic rings. The molecule has 0 amide bonds. The van der Waals surface area contributed by atoms with Crippen LogP contribution in [0, 0.1) is 0 Å². The predicted molar refractivity (Wildman–Crippen MR) is 89.0 cm³/mol. The molecular formula is C17H26N4O2. The van der Waals surface area contributed by atoms with Crippen molar-refractivity contribution in [1.82, 2.24) is 9.97 Å². The standard InChI is InChI=1S/C17H26N4O2/c1-2-14(3-1)23-15-4-6-20(7-5-15)16-12-17(19-13-18-16)21-8-10-22-11-9-21/h12-15H,1-11H2. The van der Waals surface area contributed by atoms with Crippen molar-refractivity contribution < 1.29 is 9.47 Å². The van der Waals surface area contributed by atoms with Gasteiger partial charge in [-0.2, -0.15) is 0 Å². The van der Waals surface area contributed by atoms with Gasteiger partial charge in [-0.05, 0) is 32.1 Å². The second-order valence-electron chi connectivity index (χ2n) is 6.71. The number of nitrogens with zero attached hydrogens (tertiary/aromatic N) is 4. The number of hydrogen-bond donors (Lipinski definition) is 0. The maximum Gasteiger partial charge on any atom is 0.134 e. The molecule has 126 valence electrons. The van der Waals surface area contributed by atoms with Crippen LogP contribution >= 0.6 is 0 Å². The van der Waals surface area contributed by atoms with Gasteiger partial charge in [0, 0.05) is 32.2 Å². The van der Waals surface area contributed by atoms with Gasteiger partial charge in [-0.15, -0.1) is 0 Å². The Morgan fingerprint density at radius 1 is 0.870 bits per heavy atom. The van der Waals surface area contributed by atoms with Gasteiger partial charge in [0.1, 0.15) is 18.0 Å². The molecule has 1 aliphatic carbocycles. The Labute approximate surface area is 137 Å². The van der Waals surface area contributed by atoms with Gasteiger partial charge in [-0.25, -0.2) is 9.97 Å². The smallest absolute Gasteiger partial charge is 0.134 e. The zero-order valence-electron chi connectivity index (χ0n) is 13.7. The van der Waals surface area contributed by atoms with Crippen molar-refractivity contribution in [2.24, 2.45) is 0 Å². The fourth-order valence-corrected chi connectivity index (χ4v) is 3.48. The Balaban J connectivity index is 1.34. The molecule has 3 heterocycles. The van der Waals surface area contributed by atoms with E-state index in [1.165, 1.54) is 19.3 Å². The Kier molecular flexibility index (Phi) is 4.62. The summed E-state index contributed by atoms with van der Waals surface area (Å²) in [5.41, 5.74) is 0. The van der Waals surface area contributed by atoms with Crippen LogP contribution in [0.4, 0.5) is 11.6 Å². The van der Waals surface area contributed by atoms with Crippen molar-refractivity contribution in [3.8, 4) is 0 Å². The normalized spacial score (nSPS) is 23.8. The van der Waals surface area contributed by atoms with E-state index >= 15 is 0 Å². The van der Waals surface area contributed by atoms with Gasteiger partial charge in [-0.1, -0.05) is 0 Å². The Bertz CT molecular complexity index is 509. The maximum atomic E-state index is 6.15. The lowest BCUT2D eigenvalue weighted by atomic mass is 9.95. The van der Waals surface area contributed by atoms with E-state index in [1.807, 2.05) is 0 Å². The summed E-state index contributed by atoms with van der Waals surface area (Å²) in [7, 11) is 0. The van der Waals surface area contributed by atoms with Gasteiger partial charge in [-0.3, -0.25) is 0 Å². The van der Waals surface area contributed by atoms with E-state index in [9.17, 15) is 0 Å². The molecule has 0 unspecified atom stereocenters. The molecule has 3 aliphatic rings. The van der Waals surface area contributed by atoms with E-state index in [0.717, 1.165) is 63.9 Å². The van der Waals surface area contributed by atoms with Gasteiger partial charge >= 0.3 is 0 Å². The summed E-state index contributed by atoms with van der Waals surface area (Å²) < 4.78 is 11.6. The molecular weight excluding hydrogens is 292 g/mol. The molecule has 4 rings (SSSR count). The van der Waals surface area contributed by atoms with Gasteiger partial charge in [0.25, 0.3) is 0 Å². The average Bonchev–Trinajstić information content (AvgIpc) is 2.60. The minimum Gasteiger partial charge on any atom is -0.378 e. The Hall–Kier alpha value is -1.40. The first-order chi connectivity index (χ1) is 11.4. The molecule has 0 N–H and O–H groups in total. The fourth-order valence-electron chi connectivity index (χ4n) is 3.48. The van der Waals surface area contributed by atoms with Crippen molar-refractivity contribution in [2.45, 2.75) is 44.3 Å². The SMILES string of the molecule is c1nc(N2CCOCC2)cc(N2CCC(OC3CCC3)CC2)n1. The molecule has 2 saturated heterocycles. The van der Waals surface area contributed by atoms with E-state index in [0.29, 0.717) is 12.2 Å². The minimum absolute atomic E-state index is 0.442. The number of piperidine rings is 1. The molecule has 1 aromatic heterocycles. The van der Waals surface area contributed by atoms with E-state index < -0.39 is 0 Å². The topological polar surface area (TPSA) is 50.7 Å². The first kappa shape index (κ1) is 15.1. The van der Waals surface area contributed by atoms with Gasteiger partial charge in [0.2, 0.25) is 0 Å². The molecule has 6 heteroatoms. The summed E-state index contributed by atoms with van der Waals surface area (Å²) in [5, 5.41) is 0. The highest BCUT2D eigenvalue weighted by Crippen LogP contribution is 2.28. The largest absolute Gasteiger partial charge is 0.378 e. The van der Waals surface area contributed by atoms with Crippen LogP contribution in [0.5, 0.6) is 0 Å². The highest BCUT2D eigenvalue weighted by molar-refractivity contribution is 5.50. The molecule has 6 nitrogen and oxygen atoms in total. The third kappa shape index (κ3) is 3.58. The summed E-state index contributed by atoms with van der Waals surface area (Å²) in [6.07, 6.45) is 8.74. The first-order valence-electron chi connectivity index (χ1n) is 8.93. The summed E-state index contributed by atoms with van der Waals surface area (Å²) in [6, 6.07) is 2.12. The van der Waals surface area contributed by atoms with Crippen LogP contribution in [0.2, 0.25) is 0 Å². The number of aromatic nitrogens is 2. The first-order valence-corrected chi connectivity index (χ1v) is 8.93. The summed E-state index contributed by atoms with van der Waals surface area (Å²) in [4.78, 5) is 13.6. The quantitative estimate of drug-likeness (QED) is 0.844. The monoisotopic (exact) mass is 318 g/mol. The molecule has 1 saturated carbocycles. The van der Waals surface area contributed by atoms with Crippen molar-refractivity contribution >= 4 is 11.6 Å². The number of ether oxygens (including phenoxy) is 2. The second-order valence-corrected chi connectivity index (χ2v) is 6.71. The van der Waals surface area contributed by atoms with Gasteiger partial charge < -0.3 is 19.3 Å². The maximum absolute atomic E-state index is 6.15. The molecule has 0 spiro atoms. The highest BCUT2D eigenvalue weighted by Gasteiger charge is 2.26. The predicted octanol–water partition coefficient (Wildman–Crippen LogP) is 1.85. The molecule has 0 atom stereocenters. The molecule has 3 fully saturated rings.